The summed E-state index contributed by atoms with van der Waals surface area (Å²) in [5.41, 5.74) is 0.245. The molecule has 0 unspecified atom stereocenters. The third kappa shape index (κ3) is 4.87. The average Bonchev–Trinajstić information content (AvgIpc) is 2.30. The highest BCUT2D eigenvalue weighted by molar-refractivity contribution is 6.05. The van der Waals surface area contributed by atoms with Gasteiger partial charge in [0.1, 0.15) is 0 Å². The number of hydrogen-bond donors (Lipinski definition) is 1. The molecule has 0 spiro atoms. The van der Waals surface area contributed by atoms with E-state index in [-0.39, 0.29) is 12.0 Å². The van der Waals surface area contributed by atoms with Crippen molar-refractivity contribution >= 4 is 17.9 Å². The Morgan fingerprint density at radius 1 is 1.57 bits per heavy atom. The molecule has 0 aromatic rings. The van der Waals surface area contributed by atoms with Gasteiger partial charge in [-0.3, -0.25) is 4.79 Å². The third-order valence-corrected chi connectivity index (χ3v) is 1.16. The van der Waals surface area contributed by atoms with Crippen molar-refractivity contribution in [1.29, 1.82) is 0 Å². The largest absolute Gasteiger partial charge is 0.478 e. The molecule has 1 heterocycles. The van der Waals surface area contributed by atoms with Crippen molar-refractivity contribution < 1.29 is 24.2 Å². The molecule has 0 atom stereocenters. The summed E-state index contributed by atoms with van der Waals surface area (Å²) in [6, 6.07) is 0. The quantitative estimate of drug-likeness (QED) is 0.380. The molecule has 0 aromatic heterocycles. The number of rotatable bonds is 1. The summed E-state index contributed by atoms with van der Waals surface area (Å²) in [6.07, 6.45) is 2.61. The zero-order valence-corrected chi connectivity index (χ0v) is 7.65. The number of aliphatic carboxylic acids is 1. The summed E-state index contributed by atoms with van der Waals surface area (Å²) in [4.78, 5) is 29.9. The van der Waals surface area contributed by atoms with Gasteiger partial charge in [0.05, 0.1) is 6.42 Å². The topological polar surface area (TPSA) is 80.7 Å². The molecule has 1 aliphatic rings. The van der Waals surface area contributed by atoms with Crippen molar-refractivity contribution in [1.82, 2.24) is 0 Å². The van der Waals surface area contributed by atoms with E-state index in [2.05, 4.69) is 11.3 Å². The van der Waals surface area contributed by atoms with Crippen molar-refractivity contribution in [2.24, 2.45) is 0 Å². The molecule has 76 valence electrons. The lowest BCUT2D eigenvalue weighted by Crippen LogP contribution is -1.95. The number of esters is 2. The van der Waals surface area contributed by atoms with Crippen molar-refractivity contribution in [2.75, 3.05) is 0 Å². The molecule has 0 bridgehead atoms. The van der Waals surface area contributed by atoms with E-state index >= 15 is 0 Å². The van der Waals surface area contributed by atoms with E-state index in [0.717, 1.165) is 6.08 Å². The zero-order chi connectivity index (χ0) is 11.1. The van der Waals surface area contributed by atoms with Crippen LogP contribution in [0.2, 0.25) is 0 Å². The molecule has 0 saturated carbocycles. The molecular weight excluding hydrogens is 188 g/mol. The second-order valence-electron chi connectivity index (χ2n) is 2.38. The van der Waals surface area contributed by atoms with E-state index in [1.807, 2.05) is 0 Å². The molecule has 0 aromatic carbocycles. The standard InChI is InChI=1S/C5H4O3.C4H6O2/c1-3-2-4(6)8-5(3)7;1-2-3-4(5)6/h1-2H2;2-3H,1H3,(H,5,6). The molecule has 5 heteroatoms. The van der Waals surface area contributed by atoms with Crippen LogP contribution in [0.1, 0.15) is 13.3 Å². The van der Waals surface area contributed by atoms with Crippen molar-refractivity contribution in [3.05, 3.63) is 24.3 Å². The van der Waals surface area contributed by atoms with Crippen LogP contribution in [0.4, 0.5) is 0 Å². The first kappa shape index (κ1) is 12.1. The Bertz CT molecular complexity index is 282. The van der Waals surface area contributed by atoms with Gasteiger partial charge in [-0.2, -0.15) is 0 Å². The highest BCUT2D eigenvalue weighted by atomic mass is 16.6. The Kier molecular flexibility index (Phi) is 4.91. The molecule has 0 radical (unpaired) electrons. The molecule has 1 saturated heterocycles. The van der Waals surface area contributed by atoms with E-state index in [0.29, 0.717) is 0 Å². The number of carboxylic acids is 1. The summed E-state index contributed by atoms with van der Waals surface area (Å²) in [5.74, 6) is -1.98. The van der Waals surface area contributed by atoms with Gasteiger partial charge in [0.25, 0.3) is 0 Å². The van der Waals surface area contributed by atoms with Gasteiger partial charge in [0, 0.05) is 11.6 Å². The third-order valence-electron chi connectivity index (χ3n) is 1.16. The van der Waals surface area contributed by atoms with Gasteiger partial charge in [-0.05, 0) is 6.92 Å². The van der Waals surface area contributed by atoms with Crippen LogP contribution in [-0.2, 0) is 19.1 Å². The minimum absolute atomic E-state index is 0.0544. The number of carbonyl (C=O) groups is 3. The Morgan fingerprint density at radius 2 is 2.14 bits per heavy atom. The molecule has 1 N–H and O–H groups in total. The summed E-state index contributed by atoms with van der Waals surface area (Å²) in [7, 11) is 0. The fourth-order valence-electron chi connectivity index (χ4n) is 0.601. The minimum atomic E-state index is -0.891. The summed E-state index contributed by atoms with van der Waals surface area (Å²) in [5, 5.41) is 7.83. The molecule has 5 nitrogen and oxygen atoms in total. The predicted molar refractivity (Wildman–Crippen MR) is 47.3 cm³/mol. The van der Waals surface area contributed by atoms with Crippen LogP contribution in [0.25, 0.3) is 0 Å². The first-order chi connectivity index (χ1) is 6.47. The minimum Gasteiger partial charge on any atom is -0.478 e. The lowest BCUT2D eigenvalue weighted by atomic mass is 10.3. The molecule has 1 rings (SSSR count). The highest BCUT2D eigenvalue weighted by Gasteiger charge is 2.24. The lowest BCUT2D eigenvalue weighted by Gasteiger charge is -1.80. The van der Waals surface area contributed by atoms with Gasteiger partial charge < -0.3 is 9.84 Å². The fraction of sp³-hybridized carbons (Fsp3) is 0.222. The van der Waals surface area contributed by atoms with Gasteiger partial charge in [-0.25, -0.2) is 9.59 Å². The number of carbonyl (C=O) groups excluding carboxylic acids is 2. The molecule has 1 aliphatic heterocycles. The first-order valence-corrected chi connectivity index (χ1v) is 3.75. The number of ether oxygens (including phenoxy) is 1. The lowest BCUT2D eigenvalue weighted by molar-refractivity contribution is -0.151. The predicted octanol–water partition coefficient (Wildman–Crippen LogP) is 0.663. The summed E-state index contributed by atoms with van der Waals surface area (Å²) >= 11 is 0. The summed E-state index contributed by atoms with van der Waals surface area (Å²) in [6.45, 7) is 4.95. The number of allylic oxidation sites excluding steroid dienone is 1. The number of cyclic esters (lactones) is 2. The molecule has 0 amide bonds. The van der Waals surface area contributed by atoms with Crippen molar-refractivity contribution in [2.45, 2.75) is 13.3 Å². The van der Waals surface area contributed by atoms with E-state index in [4.69, 9.17) is 5.11 Å². The van der Waals surface area contributed by atoms with Gasteiger partial charge >= 0.3 is 17.9 Å². The molecular formula is C9H10O5. The van der Waals surface area contributed by atoms with Gasteiger partial charge in [0.15, 0.2) is 0 Å². The number of hydrogen-bond acceptors (Lipinski definition) is 4. The molecule has 14 heavy (non-hydrogen) atoms. The van der Waals surface area contributed by atoms with Crippen LogP contribution in [-0.4, -0.2) is 23.0 Å². The number of carboxylic acid groups (broad SMARTS) is 1. The van der Waals surface area contributed by atoms with E-state index < -0.39 is 17.9 Å². The van der Waals surface area contributed by atoms with Crippen LogP contribution in [0, 0.1) is 0 Å². The second-order valence-corrected chi connectivity index (χ2v) is 2.38. The van der Waals surface area contributed by atoms with Crippen LogP contribution in [0.3, 0.4) is 0 Å². The van der Waals surface area contributed by atoms with Gasteiger partial charge in [0.2, 0.25) is 0 Å². The smallest absolute Gasteiger partial charge is 0.341 e. The Labute approximate surface area is 80.7 Å². The molecule has 0 aliphatic carbocycles. The average molecular weight is 198 g/mol. The summed E-state index contributed by atoms with van der Waals surface area (Å²) < 4.78 is 4.10. The van der Waals surface area contributed by atoms with Gasteiger partial charge in [-0.15, -0.1) is 0 Å². The monoisotopic (exact) mass is 198 g/mol. The van der Waals surface area contributed by atoms with Crippen molar-refractivity contribution in [3.8, 4) is 0 Å². The van der Waals surface area contributed by atoms with E-state index in [9.17, 15) is 14.4 Å². The molecule has 1 fully saturated rings. The Morgan fingerprint density at radius 3 is 2.21 bits per heavy atom. The van der Waals surface area contributed by atoms with E-state index in [1.54, 1.807) is 6.92 Å². The SMILES string of the molecule is C=C1CC(=O)OC1=O.CC=CC(=O)O. The highest BCUT2D eigenvalue weighted by Crippen LogP contribution is 2.10. The second kappa shape index (κ2) is 5.69. The van der Waals surface area contributed by atoms with Crippen molar-refractivity contribution in [3.63, 3.8) is 0 Å². The Balaban J connectivity index is 0.000000255. The maximum absolute atomic E-state index is 10.2. The van der Waals surface area contributed by atoms with Crippen LogP contribution < -0.4 is 0 Å². The zero-order valence-electron chi connectivity index (χ0n) is 7.65. The van der Waals surface area contributed by atoms with Crippen LogP contribution in [0.15, 0.2) is 24.3 Å². The maximum atomic E-state index is 10.2. The first-order valence-electron chi connectivity index (χ1n) is 3.75. The van der Waals surface area contributed by atoms with Crippen LogP contribution in [0.5, 0.6) is 0 Å². The maximum Gasteiger partial charge on any atom is 0.341 e. The normalized spacial score (nSPS) is 15.1. The Hall–Kier alpha value is -1.91. The fourth-order valence-corrected chi connectivity index (χ4v) is 0.601. The van der Waals surface area contributed by atoms with E-state index in [1.165, 1.54) is 6.08 Å². The van der Waals surface area contributed by atoms with Crippen LogP contribution >= 0.6 is 0 Å². The van der Waals surface area contributed by atoms with Gasteiger partial charge in [-0.1, -0.05) is 12.7 Å².